The number of hydrogen-bond donors (Lipinski definition) is 0. The molecule has 8 rings (SSSR count). The molecule has 0 N–H and O–H groups in total. The molecule has 2 amide bonds. The highest BCUT2D eigenvalue weighted by Crippen LogP contribution is 2.65. The van der Waals surface area contributed by atoms with Crippen molar-refractivity contribution in [2.45, 2.75) is 18.9 Å². The van der Waals surface area contributed by atoms with E-state index in [0.29, 0.717) is 11.8 Å². The Kier molecular flexibility index (Phi) is 7.24. The van der Waals surface area contributed by atoms with Gasteiger partial charge in [-0.2, -0.15) is 0 Å². The van der Waals surface area contributed by atoms with Crippen LogP contribution in [0.3, 0.4) is 0 Å². The smallest absolute Gasteiger partial charge is 0.330 e. The lowest BCUT2D eigenvalue weighted by Crippen LogP contribution is -2.48. The molecule has 1 saturated heterocycles. The lowest BCUT2D eigenvalue weighted by molar-refractivity contribution is -0.385. The lowest BCUT2D eigenvalue weighted by atomic mass is 9.63. The highest BCUT2D eigenvalue weighted by Gasteiger charge is 2.68. The molecule has 7 atom stereocenters. The summed E-state index contributed by atoms with van der Waals surface area (Å²) in [6, 6.07) is 17.8. The predicted molar refractivity (Wildman–Crippen MR) is 160 cm³/mol. The summed E-state index contributed by atoms with van der Waals surface area (Å²) >= 11 is 6.10. The molecule has 0 unspecified atom stereocenters. The summed E-state index contributed by atoms with van der Waals surface area (Å²) in [5, 5.41) is 11.4. The number of Topliss-reactive ketones (excluding diaryl/α,β-unsaturated/α-hetero) is 1. The number of esters is 1. The zero-order chi connectivity index (χ0) is 31.4. The zero-order valence-electron chi connectivity index (χ0n) is 23.8. The normalized spacial score (nSPS) is 26.2. The minimum atomic E-state index is -1.20. The average Bonchev–Trinajstić information content (AvgIpc) is 3.83. The fourth-order valence-electron chi connectivity index (χ4n) is 7.29. The highest BCUT2D eigenvalue weighted by atomic mass is 35.5. The van der Waals surface area contributed by atoms with Crippen LogP contribution in [-0.4, -0.2) is 46.0 Å². The first kappa shape index (κ1) is 28.9. The monoisotopic (exact) mass is 626 g/mol. The first-order chi connectivity index (χ1) is 21.7. The van der Waals surface area contributed by atoms with Gasteiger partial charge in [0.25, 0.3) is 0 Å². The van der Waals surface area contributed by atoms with E-state index in [1.807, 2.05) is 30.3 Å². The van der Waals surface area contributed by atoms with Gasteiger partial charge in [-0.05, 0) is 66.0 Å². The molecule has 11 heteroatoms. The lowest BCUT2D eigenvalue weighted by Gasteiger charge is -2.37. The number of nitro groups is 1. The quantitative estimate of drug-likeness (QED) is 0.0726. The molecule has 0 spiro atoms. The van der Waals surface area contributed by atoms with Gasteiger partial charge in [0, 0.05) is 18.1 Å². The minimum Gasteiger partial charge on any atom is -0.456 e. The van der Waals surface area contributed by atoms with Crippen LogP contribution in [0.2, 0.25) is 5.02 Å². The predicted octanol–water partition coefficient (Wildman–Crippen LogP) is 5.43. The first-order valence-electron chi connectivity index (χ1n) is 14.7. The summed E-state index contributed by atoms with van der Waals surface area (Å²) in [7, 11) is 0. The average molecular weight is 627 g/mol. The molecule has 3 fully saturated rings. The maximum atomic E-state index is 13.8. The van der Waals surface area contributed by atoms with Gasteiger partial charge >= 0.3 is 11.7 Å². The number of ether oxygens (including phenoxy) is 2. The topological polar surface area (TPSA) is 133 Å². The molecule has 1 aliphatic heterocycles. The van der Waals surface area contributed by atoms with Crippen LogP contribution >= 0.6 is 11.6 Å². The maximum Gasteiger partial charge on any atom is 0.330 e. The third-order valence-electron chi connectivity index (χ3n) is 9.44. The van der Waals surface area contributed by atoms with Crippen LogP contribution in [0.1, 0.15) is 22.3 Å². The maximum absolute atomic E-state index is 13.8. The third-order valence-corrected chi connectivity index (χ3v) is 9.73. The number of allylic oxidation sites excluding steroid dienone is 2. The second-order valence-electron chi connectivity index (χ2n) is 11.9. The van der Waals surface area contributed by atoms with Crippen molar-refractivity contribution in [3.05, 3.63) is 111 Å². The Labute approximate surface area is 262 Å². The van der Waals surface area contributed by atoms with Crippen LogP contribution < -0.4 is 4.74 Å². The summed E-state index contributed by atoms with van der Waals surface area (Å²) in [5.41, 5.74) is 0.638. The van der Waals surface area contributed by atoms with E-state index in [9.17, 15) is 29.3 Å². The summed E-state index contributed by atoms with van der Waals surface area (Å²) in [5.74, 6) is -2.01. The van der Waals surface area contributed by atoms with Crippen molar-refractivity contribution in [2.24, 2.45) is 35.5 Å². The highest BCUT2D eigenvalue weighted by molar-refractivity contribution is 6.32. The Morgan fingerprint density at radius 2 is 1.56 bits per heavy atom. The van der Waals surface area contributed by atoms with Gasteiger partial charge in [-0.1, -0.05) is 60.2 Å². The molecule has 228 valence electrons. The van der Waals surface area contributed by atoms with Gasteiger partial charge in [0.05, 0.1) is 21.8 Å². The Bertz CT molecular complexity index is 1720. The molecule has 4 aliphatic carbocycles. The molecule has 1 heterocycles. The van der Waals surface area contributed by atoms with Gasteiger partial charge in [0.1, 0.15) is 11.8 Å². The van der Waals surface area contributed by atoms with Gasteiger partial charge in [-0.25, -0.2) is 4.79 Å². The molecule has 0 aromatic heterocycles. The number of halogens is 1. The summed E-state index contributed by atoms with van der Waals surface area (Å²) in [6.45, 7) is -0.611. The van der Waals surface area contributed by atoms with Crippen molar-refractivity contribution in [3.63, 3.8) is 0 Å². The summed E-state index contributed by atoms with van der Waals surface area (Å²) in [4.78, 5) is 66.0. The van der Waals surface area contributed by atoms with Crippen molar-refractivity contribution in [1.29, 1.82) is 0 Å². The van der Waals surface area contributed by atoms with E-state index in [1.165, 1.54) is 42.5 Å². The largest absolute Gasteiger partial charge is 0.456 e. The minimum absolute atomic E-state index is 0.0115. The summed E-state index contributed by atoms with van der Waals surface area (Å²) < 4.78 is 11.1. The number of likely N-dealkylation sites (tertiary alicyclic amines) is 1. The molecular weight excluding hydrogens is 600 g/mol. The van der Waals surface area contributed by atoms with Gasteiger partial charge in [0.15, 0.2) is 12.4 Å². The van der Waals surface area contributed by atoms with Crippen molar-refractivity contribution < 1.29 is 33.6 Å². The van der Waals surface area contributed by atoms with Gasteiger partial charge in [-0.15, -0.1) is 0 Å². The van der Waals surface area contributed by atoms with Crippen LogP contribution in [0.25, 0.3) is 0 Å². The second-order valence-corrected chi connectivity index (χ2v) is 12.3. The fourth-order valence-corrected chi connectivity index (χ4v) is 7.50. The number of amides is 2. The molecule has 2 bridgehead atoms. The van der Waals surface area contributed by atoms with E-state index in [-0.39, 0.29) is 57.8 Å². The van der Waals surface area contributed by atoms with Gasteiger partial charge in [0.2, 0.25) is 17.6 Å². The molecule has 10 nitrogen and oxygen atoms in total. The molecule has 3 aromatic rings. The second kappa shape index (κ2) is 11.3. The van der Waals surface area contributed by atoms with E-state index < -0.39 is 41.2 Å². The van der Waals surface area contributed by atoms with Crippen LogP contribution in [0.4, 0.5) is 5.69 Å². The van der Waals surface area contributed by atoms with E-state index in [4.69, 9.17) is 21.1 Å². The Morgan fingerprint density at radius 3 is 2.18 bits per heavy atom. The number of imide groups is 1. The van der Waals surface area contributed by atoms with Crippen LogP contribution in [0.15, 0.2) is 84.9 Å². The van der Waals surface area contributed by atoms with Crippen molar-refractivity contribution in [3.8, 4) is 11.5 Å². The van der Waals surface area contributed by atoms with Gasteiger partial charge in [-0.3, -0.25) is 29.4 Å². The molecule has 3 aromatic carbocycles. The molecule has 5 aliphatic rings. The molecule has 45 heavy (non-hydrogen) atoms. The van der Waals surface area contributed by atoms with Crippen LogP contribution in [0, 0.1) is 45.6 Å². The Hall–Kier alpha value is -4.83. The number of nitro benzene ring substituents is 1. The fraction of sp³-hybridized carbons (Fsp3) is 0.294. The number of rotatable bonds is 10. The number of ketones is 1. The zero-order valence-corrected chi connectivity index (χ0v) is 24.5. The van der Waals surface area contributed by atoms with Crippen LogP contribution in [0.5, 0.6) is 11.5 Å². The Balaban J connectivity index is 1.06. The first-order valence-corrected chi connectivity index (χ1v) is 15.1. The number of para-hydroxylation sites is 1. The number of benzene rings is 3. The van der Waals surface area contributed by atoms with E-state index in [0.717, 1.165) is 16.9 Å². The van der Waals surface area contributed by atoms with Gasteiger partial charge < -0.3 is 9.47 Å². The Morgan fingerprint density at radius 1 is 0.911 bits per heavy atom. The molecular formula is C34H27ClN2O8. The van der Waals surface area contributed by atoms with Crippen LogP contribution in [-0.2, 0) is 25.5 Å². The standard InChI is InChI=1S/C34H27ClN2O8/c35-25-7-4-8-26(37(42)43)31(25)45-20-11-9-19(10-12-20)28(38)17-44-34(41)27(15-18-5-2-1-3-6-18)36-32(39)29-21-13-14-22(24-16-23(21)24)30(29)33(36)40/h1-14,21-24,27,29-30H,15-17H2/t21-,22-,23-,24-,27-,29+,30+/m0/s1. The molecule has 0 radical (unpaired) electrons. The summed E-state index contributed by atoms with van der Waals surface area (Å²) in [6.07, 6.45) is 5.24. The van der Waals surface area contributed by atoms with E-state index in [2.05, 4.69) is 12.2 Å². The number of nitrogens with zero attached hydrogens (tertiary/aromatic N) is 2. The van der Waals surface area contributed by atoms with Crippen molar-refractivity contribution in [2.75, 3.05) is 6.61 Å². The third kappa shape index (κ3) is 5.08. The van der Waals surface area contributed by atoms with E-state index >= 15 is 0 Å². The van der Waals surface area contributed by atoms with E-state index in [1.54, 1.807) is 0 Å². The number of hydrogen-bond acceptors (Lipinski definition) is 8. The number of carbonyl (C=O) groups is 4. The van der Waals surface area contributed by atoms with Crippen molar-refractivity contribution in [1.82, 2.24) is 4.90 Å². The number of carbonyl (C=O) groups excluding carboxylic acids is 4. The van der Waals surface area contributed by atoms with Crippen molar-refractivity contribution >= 4 is 40.9 Å². The molecule has 2 saturated carbocycles. The SMILES string of the molecule is O=C(COC(=O)[C@H](Cc1ccccc1)N1C(=O)[C@@H]2[C@H]3C=C[C@@H]([C@@H]4C[C@@H]34)[C@H]2C1=O)c1ccc(Oc2c(Cl)cccc2[N+](=O)[O-])cc1.